The third-order valence-electron chi connectivity index (χ3n) is 2.88. The van der Waals surface area contributed by atoms with Crippen LogP contribution in [0.4, 0.5) is 0 Å². The molecule has 0 aliphatic carbocycles. The van der Waals surface area contributed by atoms with Crippen LogP contribution in [-0.4, -0.2) is 24.7 Å². The number of carbonyl (C=O) groups excluding carboxylic acids is 1. The third-order valence-corrected chi connectivity index (χ3v) is 3.13. The normalized spacial score (nSPS) is 19.9. The highest BCUT2D eigenvalue weighted by Crippen LogP contribution is 2.09. The van der Waals surface area contributed by atoms with Crippen molar-refractivity contribution in [1.82, 2.24) is 10.7 Å². The van der Waals surface area contributed by atoms with Gasteiger partial charge in [-0.15, -0.1) is 0 Å². The SMILES string of the molecule is O=C(N/N=C\C1CCCCN1)c1ccc(Cl)cc1. The summed E-state index contributed by atoms with van der Waals surface area (Å²) < 4.78 is 0. The number of rotatable bonds is 3. The molecule has 0 radical (unpaired) electrons. The topological polar surface area (TPSA) is 53.5 Å². The molecule has 0 spiro atoms. The largest absolute Gasteiger partial charge is 0.309 e. The molecule has 18 heavy (non-hydrogen) atoms. The molecule has 1 unspecified atom stereocenters. The quantitative estimate of drug-likeness (QED) is 0.650. The Hall–Kier alpha value is -1.39. The summed E-state index contributed by atoms with van der Waals surface area (Å²) in [5.74, 6) is -0.223. The molecule has 1 aromatic carbocycles. The van der Waals surface area contributed by atoms with Gasteiger partial charge in [0.1, 0.15) is 0 Å². The number of nitrogens with zero attached hydrogens (tertiary/aromatic N) is 1. The van der Waals surface area contributed by atoms with Crippen LogP contribution < -0.4 is 10.7 Å². The van der Waals surface area contributed by atoms with Gasteiger partial charge in [0.05, 0.1) is 0 Å². The molecule has 5 heteroatoms. The van der Waals surface area contributed by atoms with Crippen LogP contribution in [-0.2, 0) is 0 Å². The first-order chi connectivity index (χ1) is 8.75. The molecule has 1 aromatic rings. The van der Waals surface area contributed by atoms with E-state index in [-0.39, 0.29) is 11.9 Å². The molecule has 1 aliphatic heterocycles. The lowest BCUT2D eigenvalue weighted by atomic mass is 10.1. The van der Waals surface area contributed by atoms with E-state index in [0.29, 0.717) is 10.6 Å². The number of nitrogens with one attached hydrogen (secondary N) is 2. The number of amides is 1. The zero-order valence-corrected chi connectivity index (χ0v) is 10.8. The van der Waals surface area contributed by atoms with E-state index in [2.05, 4.69) is 15.8 Å². The fourth-order valence-electron chi connectivity index (χ4n) is 1.86. The second kappa shape index (κ2) is 6.52. The molecule has 0 saturated carbocycles. The minimum Gasteiger partial charge on any atom is -0.309 e. The maximum Gasteiger partial charge on any atom is 0.271 e. The van der Waals surface area contributed by atoms with E-state index in [1.807, 2.05) is 0 Å². The minimum absolute atomic E-state index is 0.223. The van der Waals surface area contributed by atoms with Gasteiger partial charge in [0.15, 0.2) is 0 Å². The van der Waals surface area contributed by atoms with Crippen molar-refractivity contribution < 1.29 is 4.79 Å². The highest BCUT2D eigenvalue weighted by molar-refractivity contribution is 6.30. The second-order valence-electron chi connectivity index (χ2n) is 4.28. The van der Waals surface area contributed by atoms with Crippen molar-refractivity contribution in [3.63, 3.8) is 0 Å². The van der Waals surface area contributed by atoms with E-state index in [1.165, 1.54) is 12.8 Å². The van der Waals surface area contributed by atoms with Crippen LogP contribution >= 0.6 is 11.6 Å². The molecule has 96 valence electrons. The summed E-state index contributed by atoms with van der Waals surface area (Å²) in [4.78, 5) is 11.7. The molecule has 2 N–H and O–H groups in total. The Morgan fingerprint density at radius 2 is 2.17 bits per heavy atom. The maximum absolute atomic E-state index is 11.7. The Labute approximate surface area is 111 Å². The van der Waals surface area contributed by atoms with Gasteiger partial charge in [0, 0.05) is 22.8 Å². The Kier molecular flexibility index (Phi) is 4.73. The second-order valence-corrected chi connectivity index (χ2v) is 4.72. The smallest absolute Gasteiger partial charge is 0.271 e. The predicted molar refractivity (Wildman–Crippen MR) is 73.1 cm³/mol. The van der Waals surface area contributed by atoms with Crippen LogP contribution in [0.1, 0.15) is 29.6 Å². The number of hydrogen-bond donors (Lipinski definition) is 2. The molecule has 4 nitrogen and oxygen atoms in total. The van der Waals surface area contributed by atoms with Crippen molar-refractivity contribution in [2.45, 2.75) is 25.3 Å². The van der Waals surface area contributed by atoms with Crippen LogP contribution in [0.15, 0.2) is 29.4 Å². The number of hydrogen-bond acceptors (Lipinski definition) is 3. The Balaban J connectivity index is 1.83. The number of benzene rings is 1. The van der Waals surface area contributed by atoms with Gasteiger partial charge in [-0.1, -0.05) is 18.0 Å². The summed E-state index contributed by atoms with van der Waals surface area (Å²) in [6.07, 6.45) is 5.24. The van der Waals surface area contributed by atoms with Gasteiger partial charge in [-0.25, -0.2) is 5.43 Å². The number of carbonyl (C=O) groups is 1. The van der Waals surface area contributed by atoms with Crippen molar-refractivity contribution in [2.75, 3.05) is 6.54 Å². The molecule has 1 amide bonds. The molecule has 1 saturated heterocycles. The molecule has 1 fully saturated rings. The van der Waals surface area contributed by atoms with E-state index in [4.69, 9.17) is 11.6 Å². The average molecular weight is 266 g/mol. The van der Waals surface area contributed by atoms with Gasteiger partial charge in [0.2, 0.25) is 0 Å². The zero-order chi connectivity index (χ0) is 12.8. The van der Waals surface area contributed by atoms with Gasteiger partial charge in [-0.3, -0.25) is 4.79 Å². The van der Waals surface area contributed by atoms with Crippen molar-refractivity contribution in [2.24, 2.45) is 5.10 Å². The summed E-state index contributed by atoms with van der Waals surface area (Å²) in [5, 5.41) is 7.91. The summed E-state index contributed by atoms with van der Waals surface area (Å²) in [7, 11) is 0. The summed E-state index contributed by atoms with van der Waals surface area (Å²) in [6, 6.07) is 6.98. The number of hydrazone groups is 1. The van der Waals surface area contributed by atoms with Crippen LogP contribution in [0.5, 0.6) is 0 Å². The van der Waals surface area contributed by atoms with Gasteiger partial charge in [-0.05, 0) is 43.7 Å². The van der Waals surface area contributed by atoms with Crippen molar-refractivity contribution in [3.05, 3.63) is 34.9 Å². The molecule has 1 aliphatic rings. The lowest BCUT2D eigenvalue weighted by Gasteiger charge is -2.19. The lowest BCUT2D eigenvalue weighted by molar-refractivity contribution is 0.0955. The summed E-state index contributed by atoms with van der Waals surface area (Å²) in [5.41, 5.74) is 3.06. The van der Waals surface area contributed by atoms with E-state index >= 15 is 0 Å². The zero-order valence-electron chi connectivity index (χ0n) is 10.0. The van der Waals surface area contributed by atoms with Crippen molar-refractivity contribution in [1.29, 1.82) is 0 Å². The Morgan fingerprint density at radius 1 is 1.39 bits per heavy atom. The fraction of sp³-hybridized carbons (Fsp3) is 0.385. The van der Waals surface area contributed by atoms with Gasteiger partial charge >= 0.3 is 0 Å². The van der Waals surface area contributed by atoms with Crippen LogP contribution in [0, 0.1) is 0 Å². The monoisotopic (exact) mass is 265 g/mol. The van der Waals surface area contributed by atoms with Crippen molar-refractivity contribution in [3.8, 4) is 0 Å². The van der Waals surface area contributed by atoms with Crippen molar-refractivity contribution >= 4 is 23.7 Å². The van der Waals surface area contributed by atoms with E-state index < -0.39 is 0 Å². The molecular weight excluding hydrogens is 250 g/mol. The molecular formula is C13H16ClN3O. The maximum atomic E-state index is 11.7. The first-order valence-electron chi connectivity index (χ1n) is 6.08. The molecule has 1 atom stereocenters. The first-order valence-corrected chi connectivity index (χ1v) is 6.46. The number of piperidine rings is 1. The number of halogens is 1. The standard InChI is InChI=1S/C13H16ClN3O/c14-11-6-4-10(5-7-11)13(18)17-16-9-12-3-1-2-8-15-12/h4-7,9,12,15H,1-3,8H2,(H,17,18)/b16-9-. The van der Waals surface area contributed by atoms with Gasteiger partial charge in [-0.2, -0.15) is 5.10 Å². The first kappa shape index (κ1) is 13.1. The highest BCUT2D eigenvalue weighted by Gasteiger charge is 2.09. The third kappa shape index (κ3) is 3.82. The summed E-state index contributed by atoms with van der Waals surface area (Å²) >= 11 is 5.75. The van der Waals surface area contributed by atoms with E-state index in [1.54, 1.807) is 30.5 Å². The van der Waals surface area contributed by atoms with E-state index in [9.17, 15) is 4.79 Å². The Morgan fingerprint density at radius 3 is 2.83 bits per heavy atom. The molecule has 0 aromatic heterocycles. The van der Waals surface area contributed by atoms with E-state index in [0.717, 1.165) is 13.0 Å². The molecule has 1 heterocycles. The van der Waals surface area contributed by atoms with Gasteiger partial charge in [0.25, 0.3) is 5.91 Å². The predicted octanol–water partition coefficient (Wildman–Crippen LogP) is 2.20. The lowest BCUT2D eigenvalue weighted by Crippen LogP contribution is -2.35. The summed E-state index contributed by atoms with van der Waals surface area (Å²) in [6.45, 7) is 1.02. The van der Waals surface area contributed by atoms with Gasteiger partial charge < -0.3 is 5.32 Å². The van der Waals surface area contributed by atoms with Crippen LogP contribution in [0.3, 0.4) is 0 Å². The molecule has 2 rings (SSSR count). The Bertz CT molecular complexity index is 424. The van der Waals surface area contributed by atoms with Crippen LogP contribution in [0.2, 0.25) is 5.02 Å². The molecule has 0 bridgehead atoms. The minimum atomic E-state index is -0.223. The highest BCUT2D eigenvalue weighted by atomic mass is 35.5. The fourth-order valence-corrected chi connectivity index (χ4v) is 1.98. The van der Waals surface area contributed by atoms with Crippen LogP contribution in [0.25, 0.3) is 0 Å². The average Bonchev–Trinajstić information content (AvgIpc) is 2.40.